The SMILES string of the molecule is CN1CCC[C@H]1COc1cc(/N=C/C=C(\N)C(=O)O)nc(/C(N)=C2\CCC[C@@]3(CCCc4sc(N)c(C#N)c43)C2=O)n1. The summed E-state index contributed by atoms with van der Waals surface area (Å²) >= 11 is 1.39. The molecule has 1 spiro atoms. The van der Waals surface area contributed by atoms with E-state index in [-0.39, 0.29) is 40.7 Å². The van der Waals surface area contributed by atoms with E-state index in [0.717, 1.165) is 48.7 Å². The van der Waals surface area contributed by atoms with Crippen LogP contribution in [0.1, 0.15) is 66.8 Å². The van der Waals surface area contributed by atoms with Crippen molar-refractivity contribution in [3.8, 4) is 11.9 Å². The van der Waals surface area contributed by atoms with Gasteiger partial charge in [-0.15, -0.1) is 11.3 Å². The Morgan fingerprint density at radius 1 is 1.31 bits per heavy atom. The third-order valence-corrected chi connectivity index (χ3v) is 9.48. The van der Waals surface area contributed by atoms with E-state index in [1.54, 1.807) is 0 Å². The van der Waals surface area contributed by atoms with Crippen molar-refractivity contribution in [1.82, 2.24) is 14.9 Å². The number of carboxylic acid groups (broad SMARTS) is 1. The maximum atomic E-state index is 14.3. The summed E-state index contributed by atoms with van der Waals surface area (Å²) in [5.41, 5.74) is 18.8. The van der Waals surface area contributed by atoms with Crippen LogP contribution in [0.4, 0.5) is 10.8 Å². The molecule has 2 aliphatic carbocycles. The maximum absolute atomic E-state index is 14.3. The van der Waals surface area contributed by atoms with E-state index in [4.69, 9.17) is 27.0 Å². The van der Waals surface area contributed by atoms with Crippen LogP contribution in [0.15, 0.2) is 28.4 Å². The highest BCUT2D eigenvalue weighted by atomic mass is 32.1. The molecule has 3 heterocycles. The second-order valence-corrected chi connectivity index (χ2v) is 12.1. The molecule has 220 valence electrons. The Hall–Kier alpha value is -4.28. The van der Waals surface area contributed by atoms with Gasteiger partial charge in [-0.05, 0) is 76.6 Å². The zero-order chi connectivity index (χ0) is 30.0. The second kappa shape index (κ2) is 11.9. The van der Waals surface area contributed by atoms with E-state index >= 15 is 0 Å². The quantitative estimate of drug-likeness (QED) is 0.272. The highest BCUT2D eigenvalue weighted by Gasteiger charge is 2.49. The molecule has 3 aliphatic rings. The number of fused-ring (bicyclic) bond motifs is 2. The number of likely N-dealkylation sites (tertiary alicyclic amines) is 1. The van der Waals surface area contributed by atoms with E-state index in [0.29, 0.717) is 48.4 Å². The molecular weight excluding hydrogens is 556 g/mol. The van der Waals surface area contributed by atoms with Gasteiger partial charge in [-0.1, -0.05) is 0 Å². The summed E-state index contributed by atoms with van der Waals surface area (Å²) in [6.07, 6.45) is 8.45. The average molecular weight is 591 g/mol. The van der Waals surface area contributed by atoms with Gasteiger partial charge in [0.2, 0.25) is 5.88 Å². The minimum absolute atomic E-state index is 0.0939. The molecule has 1 aliphatic heterocycles. The summed E-state index contributed by atoms with van der Waals surface area (Å²) in [6, 6.07) is 4.00. The number of aliphatic imine (C=N–C) groups is 1. The van der Waals surface area contributed by atoms with Crippen LogP contribution < -0.4 is 21.9 Å². The number of nitrogen functional groups attached to an aromatic ring is 1. The molecule has 0 bridgehead atoms. The maximum Gasteiger partial charge on any atom is 0.351 e. The van der Waals surface area contributed by atoms with Gasteiger partial charge in [0.1, 0.15) is 23.4 Å². The molecule has 2 aromatic heterocycles. The van der Waals surface area contributed by atoms with Crippen molar-refractivity contribution in [2.45, 2.75) is 62.8 Å². The van der Waals surface area contributed by atoms with Gasteiger partial charge in [0.05, 0.1) is 16.7 Å². The number of carbonyl (C=O) groups is 2. The number of nitrogens with zero attached hydrogens (tertiary/aromatic N) is 5. The van der Waals surface area contributed by atoms with Crippen LogP contribution in [-0.4, -0.2) is 64.2 Å². The lowest BCUT2D eigenvalue weighted by Crippen LogP contribution is -2.43. The first-order chi connectivity index (χ1) is 20.1. The molecular formula is C29H34N8O4S. The summed E-state index contributed by atoms with van der Waals surface area (Å²) in [5, 5.41) is 19.4. The summed E-state index contributed by atoms with van der Waals surface area (Å²) < 4.78 is 6.05. The van der Waals surface area contributed by atoms with Crippen molar-refractivity contribution in [2.24, 2.45) is 16.5 Å². The Balaban J connectivity index is 1.54. The van der Waals surface area contributed by atoms with Crippen LogP contribution >= 0.6 is 11.3 Å². The van der Waals surface area contributed by atoms with E-state index in [1.807, 2.05) is 7.05 Å². The number of nitrogens with two attached hydrogens (primary N) is 3. The molecule has 2 aromatic rings. The number of ether oxygens (including phenoxy) is 1. The summed E-state index contributed by atoms with van der Waals surface area (Å²) in [7, 11) is 2.05. The number of allylic oxidation sites excluding steroid dienone is 2. The number of hydrogen-bond acceptors (Lipinski definition) is 12. The molecule has 1 saturated heterocycles. The van der Waals surface area contributed by atoms with Gasteiger partial charge in [-0.3, -0.25) is 4.79 Å². The van der Waals surface area contributed by atoms with Crippen LogP contribution in [0.3, 0.4) is 0 Å². The van der Waals surface area contributed by atoms with Crippen LogP contribution in [0, 0.1) is 11.3 Å². The minimum Gasteiger partial charge on any atom is -0.477 e. The fourth-order valence-corrected chi connectivity index (χ4v) is 7.39. The second-order valence-electron chi connectivity index (χ2n) is 10.9. The third kappa shape index (κ3) is 5.47. The molecule has 7 N–H and O–H groups in total. The third-order valence-electron chi connectivity index (χ3n) is 8.40. The van der Waals surface area contributed by atoms with Gasteiger partial charge < -0.3 is 31.9 Å². The predicted molar refractivity (Wildman–Crippen MR) is 159 cm³/mol. The monoisotopic (exact) mass is 590 g/mol. The molecule has 0 amide bonds. The first kappa shape index (κ1) is 29.2. The first-order valence-electron chi connectivity index (χ1n) is 14.0. The number of aromatic nitrogens is 2. The standard InChI is InChI=1S/C29H34N8O4S/c1-37-12-4-5-16(37)15-41-22-13-21(34-11-8-19(31)28(39)40)35-27(36-22)24(32)17-6-2-9-29(25(17)38)10-3-7-20-23(29)18(14-30)26(33)42-20/h8,11,13,16H,2-7,9-10,12,15,31-33H2,1H3,(H,39,40)/b19-8-,24-17-,34-11+/t16-,29-/m0/s1. The number of anilines is 1. The van der Waals surface area contributed by atoms with E-state index in [9.17, 15) is 14.9 Å². The summed E-state index contributed by atoms with van der Waals surface area (Å²) in [5.74, 6) is -0.891. The Labute approximate surface area is 247 Å². The van der Waals surface area contributed by atoms with Crippen LogP contribution in [0.25, 0.3) is 5.70 Å². The fourth-order valence-electron chi connectivity index (χ4n) is 6.23. The Morgan fingerprint density at radius 2 is 2.07 bits per heavy atom. The molecule has 2 atom stereocenters. The smallest absolute Gasteiger partial charge is 0.351 e. The number of carboxylic acids is 1. The number of carbonyl (C=O) groups excluding carboxylic acids is 1. The van der Waals surface area contributed by atoms with Crippen LogP contribution in [0.2, 0.25) is 0 Å². The molecule has 12 nitrogen and oxygen atoms in total. The largest absolute Gasteiger partial charge is 0.477 e. The number of aliphatic carboxylic acids is 1. The topological polar surface area (TPSA) is 207 Å². The van der Waals surface area contributed by atoms with Crippen molar-refractivity contribution in [2.75, 3.05) is 25.9 Å². The average Bonchev–Trinajstić information content (AvgIpc) is 3.54. The number of ketones is 1. The molecule has 0 radical (unpaired) electrons. The summed E-state index contributed by atoms with van der Waals surface area (Å²) in [4.78, 5) is 41.8. The number of Topliss-reactive ketones (excluding diaryl/α,β-unsaturated/α-hetero) is 1. The lowest BCUT2D eigenvalue weighted by Gasteiger charge is -2.40. The van der Waals surface area contributed by atoms with Gasteiger partial charge in [0.15, 0.2) is 17.4 Å². The molecule has 13 heteroatoms. The number of nitriles is 1. The van der Waals surface area contributed by atoms with Gasteiger partial charge >= 0.3 is 5.97 Å². The van der Waals surface area contributed by atoms with Crippen LogP contribution in [-0.2, 0) is 21.4 Å². The van der Waals surface area contributed by atoms with E-state index < -0.39 is 11.4 Å². The van der Waals surface area contributed by atoms with Crippen molar-refractivity contribution in [3.05, 3.63) is 45.2 Å². The molecule has 42 heavy (non-hydrogen) atoms. The molecule has 0 aromatic carbocycles. The lowest BCUT2D eigenvalue weighted by molar-refractivity contribution is -0.132. The first-order valence-corrected chi connectivity index (χ1v) is 14.8. The zero-order valence-corrected chi connectivity index (χ0v) is 24.2. The number of likely N-dealkylation sites (N-methyl/N-ethyl adjacent to an activating group) is 1. The molecule has 5 rings (SSSR count). The number of thiophene rings is 1. The molecule has 0 unspecified atom stereocenters. The predicted octanol–water partition coefficient (Wildman–Crippen LogP) is 2.79. The number of rotatable bonds is 7. The Kier molecular flexibility index (Phi) is 8.29. The Bertz CT molecular complexity index is 1560. The molecule has 2 fully saturated rings. The van der Waals surface area contributed by atoms with Crippen molar-refractivity contribution in [3.63, 3.8) is 0 Å². The summed E-state index contributed by atoms with van der Waals surface area (Å²) in [6.45, 7) is 1.39. The van der Waals surface area contributed by atoms with Gasteiger partial charge in [0, 0.05) is 28.8 Å². The molecule has 1 saturated carbocycles. The lowest BCUT2D eigenvalue weighted by atomic mass is 9.61. The number of aryl methyl sites for hydroxylation is 1. The van der Waals surface area contributed by atoms with Crippen molar-refractivity contribution < 1.29 is 19.4 Å². The fraction of sp³-hybridized carbons (Fsp3) is 0.448. The minimum atomic E-state index is -1.27. The number of hydrogen-bond donors (Lipinski definition) is 4. The van der Waals surface area contributed by atoms with Gasteiger partial charge in [-0.2, -0.15) is 10.2 Å². The van der Waals surface area contributed by atoms with E-state index in [2.05, 4.69) is 25.9 Å². The van der Waals surface area contributed by atoms with Crippen molar-refractivity contribution in [1.29, 1.82) is 5.26 Å². The highest BCUT2D eigenvalue weighted by Crippen LogP contribution is 2.52. The van der Waals surface area contributed by atoms with Crippen molar-refractivity contribution >= 4 is 45.8 Å². The zero-order valence-electron chi connectivity index (χ0n) is 23.4. The highest BCUT2D eigenvalue weighted by molar-refractivity contribution is 7.16. The van der Waals surface area contributed by atoms with Gasteiger partial charge in [-0.25, -0.2) is 14.8 Å². The Morgan fingerprint density at radius 3 is 2.76 bits per heavy atom. The van der Waals surface area contributed by atoms with Crippen LogP contribution in [0.5, 0.6) is 5.88 Å². The van der Waals surface area contributed by atoms with E-state index in [1.165, 1.54) is 23.6 Å². The normalized spacial score (nSPS) is 24.1. The van der Waals surface area contributed by atoms with Gasteiger partial charge in [0.25, 0.3) is 0 Å².